The summed E-state index contributed by atoms with van der Waals surface area (Å²) in [5, 5.41) is 0. The Labute approximate surface area is 90.4 Å². The maximum Gasteiger partial charge on any atom is 0.186 e. The molecule has 1 aromatic heterocycles. The zero-order valence-corrected chi connectivity index (χ0v) is 8.46. The van der Waals surface area contributed by atoms with Crippen LogP contribution >= 0.6 is 0 Å². The van der Waals surface area contributed by atoms with Gasteiger partial charge in [0.05, 0.1) is 12.1 Å². The lowest BCUT2D eigenvalue weighted by Crippen LogP contribution is -2.08. The van der Waals surface area contributed by atoms with E-state index in [4.69, 9.17) is 10.5 Å². The van der Waals surface area contributed by atoms with Gasteiger partial charge in [0.25, 0.3) is 0 Å². The summed E-state index contributed by atoms with van der Waals surface area (Å²) < 4.78 is 31.3. The molecule has 0 radical (unpaired) electrons. The van der Waals surface area contributed by atoms with Crippen molar-refractivity contribution in [2.24, 2.45) is 5.73 Å². The summed E-state index contributed by atoms with van der Waals surface area (Å²) in [6.45, 7) is 1.00. The van der Waals surface area contributed by atoms with Crippen LogP contribution in [0.1, 0.15) is 5.82 Å². The number of benzene rings is 1. The first-order chi connectivity index (χ1) is 7.72. The molecular formula is C10H11F2N3O. The topological polar surface area (TPSA) is 63.9 Å². The van der Waals surface area contributed by atoms with Gasteiger partial charge in [-0.3, -0.25) is 0 Å². The molecule has 2 rings (SSSR count). The van der Waals surface area contributed by atoms with E-state index in [0.29, 0.717) is 24.5 Å². The van der Waals surface area contributed by atoms with Gasteiger partial charge in [-0.1, -0.05) is 0 Å². The molecule has 86 valence electrons. The first kappa shape index (κ1) is 11.0. The van der Waals surface area contributed by atoms with Gasteiger partial charge >= 0.3 is 0 Å². The molecule has 1 aromatic carbocycles. The summed E-state index contributed by atoms with van der Waals surface area (Å²) in [4.78, 5) is 6.75. The van der Waals surface area contributed by atoms with Gasteiger partial charge in [0.15, 0.2) is 11.6 Å². The zero-order valence-electron chi connectivity index (χ0n) is 8.46. The summed E-state index contributed by atoms with van der Waals surface area (Å²) in [5.41, 5.74) is 5.69. The lowest BCUT2D eigenvalue weighted by molar-refractivity contribution is 0.123. The van der Waals surface area contributed by atoms with E-state index >= 15 is 0 Å². The lowest BCUT2D eigenvalue weighted by atomic mass is 10.3. The van der Waals surface area contributed by atoms with E-state index in [1.807, 2.05) is 0 Å². The molecule has 0 bridgehead atoms. The fourth-order valence-corrected chi connectivity index (χ4v) is 1.39. The number of fused-ring (bicyclic) bond motifs is 1. The van der Waals surface area contributed by atoms with Crippen LogP contribution in [0.25, 0.3) is 11.0 Å². The molecule has 0 fully saturated rings. The standard InChI is InChI=1S/C10H11F2N3O/c11-6-1-2-7-10(9(6)12)15-8(14-7)5-16-4-3-13/h1-2H,3-5,13H2,(H,14,15). The van der Waals surface area contributed by atoms with Crippen molar-refractivity contribution >= 4 is 11.0 Å². The molecule has 6 heteroatoms. The molecule has 0 saturated carbocycles. The molecule has 0 amide bonds. The second kappa shape index (κ2) is 4.54. The summed E-state index contributed by atoms with van der Waals surface area (Å²) in [7, 11) is 0. The predicted octanol–water partition coefficient (Wildman–Crippen LogP) is 1.32. The molecule has 4 nitrogen and oxygen atoms in total. The quantitative estimate of drug-likeness (QED) is 0.774. The number of hydrogen-bond acceptors (Lipinski definition) is 3. The normalized spacial score (nSPS) is 11.2. The fraction of sp³-hybridized carbons (Fsp3) is 0.300. The largest absolute Gasteiger partial charge is 0.372 e. The Hall–Kier alpha value is -1.53. The highest BCUT2D eigenvalue weighted by molar-refractivity contribution is 5.75. The second-order valence-electron chi connectivity index (χ2n) is 3.28. The van der Waals surface area contributed by atoms with Gasteiger partial charge in [-0.2, -0.15) is 0 Å². The average molecular weight is 227 g/mol. The SMILES string of the molecule is NCCOCc1nc2c(F)c(F)ccc2[nH]1. The maximum atomic E-state index is 13.3. The van der Waals surface area contributed by atoms with E-state index in [2.05, 4.69) is 9.97 Å². The predicted molar refractivity (Wildman–Crippen MR) is 54.7 cm³/mol. The Morgan fingerprint density at radius 2 is 2.19 bits per heavy atom. The number of imidazole rings is 1. The van der Waals surface area contributed by atoms with E-state index in [1.54, 1.807) is 0 Å². The molecule has 0 saturated heterocycles. The molecule has 0 aliphatic carbocycles. The number of rotatable bonds is 4. The average Bonchev–Trinajstić information content (AvgIpc) is 2.68. The van der Waals surface area contributed by atoms with Crippen LogP contribution in [0.2, 0.25) is 0 Å². The molecule has 0 atom stereocenters. The van der Waals surface area contributed by atoms with Gasteiger partial charge in [-0.15, -0.1) is 0 Å². The minimum Gasteiger partial charge on any atom is -0.372 e. The molecule has 16 heavy (non-hydrogen) atoms. The van der Waals surface area contributed by atoms with Gasteiger partial charge in [-0.25, -0.2) is 13.8 Å². The third-order valence-electron chi connectivity index (χ3n) is 2.10. The van der Waals surface area contributed by atoms with E-state index < -0.39 is 11.6 Å². The molecule has 0 aliphatic heterocycles. The highest BCUT2D eigenvalue weighted by Gasteiger charge is 2.11. The molecule has 2 aromatic rings. The van der Waals surface area contributed by atoms with Crippen LogP contribution in [0, 0.1) is 11.6 Å². The number of H-pyrrole nitrogens is 1. The molecule has 0 unspecified atom stereocenters. The van der Waals surface area contributed by atoms with Gasteiger partial charge in [0, 0.05) is 6.54 Å². The number of ether oxygens (including phenoxy) is 1. The smallest absolute Gasteiger partial charge is 0.186 e. The van der Waals surface area contributed by atoms with Crippen molar-refractivity contribution < 1.29 is 13.5 Å². The minimum absolute atomic E-state index is 0.00801. The van der Waals surface area contributed by atoms with Crippen LogP contribution in [0.3, 0.4) is 0 Å². The van der Waals surface area contributed by atoms with Gasteiger partial charge in [0.1, 0.15) is 17.9 Å². The third kappa shape index (κ3) is 2.02. The Balaban J connectivity index is 2.26. The van der Waals surface area contributed by atoms with Gasteiger partial charge in [0.2, 0.25) is 0 Å². The Bertz CT molecular complexity index is 498. The van der Waals surface area contributed by atoms with Crippen LogP contribution in [0.4, 0.5) is 8.78 Å². The highest BCUT2D eigenvalue weighted by Crippen LogP contribution is 2.18. The zero-order chi connectivity index (χ0) is 11.5. The monoisotopic (exact) mass is 227 g/mol. The Morgan fingerprint density at radius 1 is 1.38 bits per heavy atom. The van der Waals surface area contributed by atoms with Crippen molar-refractivity contribution in [3.05, 3.63) is 29.6 Å². The summed E-state index contributed by atoms with van der Waals surface area (Å²) in [5.74, 6) is -1.40. The van der Waals surface area contributed by atoms with Crippen molar-refractivity contribution in [1.29, 1.82) is 0 Å². The highest BCUT2D eigenvalue weighted by atomic mass is 19.2. The van der Waals surface area contributed by atoms with Crippen LogP contribution in [-0.2, 0) is 11.3 Å². The van der Waals surface area contributed by atoms with Crippen molar-refractivity contribution in [3.8, 4) is 0 Å². The van der Waals surface area contributed by atoms with Crippen molar-refractivity contribution in [2.45, 2.75) is 6.61 Å². The number of aromatic amines is 1. The van der Waals surface area contributed by atoms with Crippen molar-refractivity contribution in [2.75, 3.05) is 13.2 Å². The molecule has 0 aliphatic rings. The molecule has 0 spiro atoms. The first-order valence-corrected chi connectivity index (χ1v) is 4.83. The lowest BCUT2D eigenvalue weighted by Gasteiger charge is -1.97. The van der Waals surface area contributed by atoms with Crippen LogP contribution < -0.4 is 5.73 Å². The number of nitrogens with two attached hydrogens (primary N) is 1. The van der Waals surface area contributed by atoms with E-state index in [-0.39, 0.29) is 12.1 Å². The number of nitrogens with one attached hydrogen (secondary N) is 1. The van der Waals surface area contributed by atoms with Crippen molar-refractivity contribution in [3.63, 3.8) is 0 Å². The fourth-order valence-electron chi connectivity index (χ4n) is 1.39. The van der Waals surface area contributed by atoms with E-state index in [0.717, 1.165) is 6.07 Å². The second-order valence-corrected chi connectivity index (χ2v) is 3.28. The molecule has 3 N–H and O–H groups in total. The number of hydrogen-bond donors (Lipinski definition) is 2. The van der Waals surface area contributed by atoms with Crippen LogP contribution in [0.5, 0.6) is 0 Å². The van der Waals surface area contributed by atoms with Crippen LogP contribution in [-0.4, -0.2) is 23.1 Å². The Kier molecular flexibility index (Phi) is 3.12. The summed E-state index contributed by atoms with van der Waals surface area (Å²) >= 11 is 0. The number of halogens is 2. The Morgan fingerprint density at radius 3 is 2.94 bits per heavy atom. The first-order valence-electron chi connectivity index (χ1n) is 4.83. The summed E-state index contributed by atoms with van der Waals surface area (Å²) in [6.07, 6.45) is 0. The molecular weight excluding hydrogens is 216 g/mol. The summed E-state index contributed by atoms with van der Waals surface area (Å²) in [6, 6.07) is 2.49. The maximum absolute atomic E-state index is 13.3. The number of nitrogens with zero attached hydrogens (tertiary/aromatic N) is 1. The van der Waals surface area contributed by atoms with E-state index in [9.17, 15) is 8.78 Å². The van der Waals surface area contributed by atoms with Gasteiger partial charge in [-0.05, 0) is 12.1 Å². The van der Waals surface area contributed by atoms with Crippen LogP contribution in [0.15, 0.2) is 12.1 Å². The molecule has 1 heterocycles. The van der Waals surface area contributed by atoms with Crippen molar-refractivity contribution in [1.82, 2.24) is 9.97 Å². The van der Waals surface area contributed by atoms with E-state index in [1.165, 1.54) is 6.07 Å². The number of aromatic nitrogens is 2. The minimum atomic E-state index is -0.946. The third-order valence-corrected chi connectivity index (χ3v) is 2.10. The van der Waals surface area contributed by atoms with Gasteiger partial charge < -0.3 is 15.5 Å².